The average molecular weight is 431 g/mol. The Morgan fingerprint density at radius 2 is 1.45 bits per heavy atom. The van der Waals surface area contributed by atoms with Crippen LogP contribution < -0.4 is 4.74 Å². The van der Waals surface area contributed by atoms with Crippen LogP contribution in [0.2, 0.25) is 0 Å². The lowest BCUT2D eigenvalue weighted by Gasteiger charge is -2.41. The summed E-state index contributed by atoms with van der Waals surface area (Å²) in [6.45, 7) is 19.2. The van der Waals surface area contributed by atoms with Gasteiger partial charge in [-0.2, -0.15) is 0 Å². The minimum absolute atomic E-state index is 0.141. The molecule has 2 nitrogen and oxygen atoms in total. The van der Waals surface area contributed by atoms with Crippen LogP contribution >= 0.6 is 0 Å². The second-order valence-corrected chi connectivity index (χ2v) is 12.4. The number of hydrogen-bond donors (Lipinski definition) is 0. The summed E-state index contributed by atoms with van der Waals surface area (Å²) in [5, 5.41) is 0. The zero-order chi connectivity index (χ0) is 23.1. The van der Waals surface area contributed by atoms with Crippen LogP contribution in [0.15, 0.2) is 24.3 Å². The fourth-order valence-corrected chi connectivity index (χ4v) is 5.71. The number of benzene rings is 1. The predicted molar refractivity (Wildman–Crippen MR) is 134 cm³/mol. The van der Waals surface area contributed by atoms with Crippen molar-refractivity contribution in [1.29, 1.82) is 0 Å². The van der Waals surface area contributed by atoms with Gasteiger partial charge < -0.3 is 9.47 Å². The molecule has 0 saturated heterocycles. The molecule has 0 amide bonds. The molecule has 0 spiro atoms. The molecule has 0 bridgehead atoms. The quantitative estimate of drug-likeness (QED) is 0.345. The average Bonchev–Trinajstić information content (AvgIpc) is 2.66. The van der Waals surface area contributed by atoms with Crippen LogP contribution in [-0.4, -0.2) is 12.9 Å². The first-order chi connectivity index (χ1) is 14.5. The molecule has 1 aromatic rings. The Morgan fingerprint density at radius 3 is 1.97 bits per heavy atom. The Hall–Kier alpha value is -1.02. The molecule has 31 heavy (non-hydrogen) atoms. The van der Waals surface area contributed by atoms with Crippen molar-refractivity contribution >= 4 is 0 Å². The Labute approximate surface area is 193 Å². The van der Waals surface area contributed by atoms with Gasteiger partial charge in [0.2, 0.25) is 0 Å². The lowest BCUT2D eigenvalue weighted by atomic mass is 9.64. The van der Waals surface area contributed by atoms with Gasteiger partial charge in [0.1, 0.15) is 5.75 Å². The first kappa shape index (κ1) is 26.2. The van der Waals surface area contributed by atoms with Crippen molar-refractivity contribution in [2.45, 2.75) is 119 Å². The van der Waals surface area contributed by atoms with Crippen LogP contribution in [0.1, 0.15) is 118 Å². The van der Waals surface area contributed by atoms with Crippen LogP contribution in [0.5, 0.6) is 5.75 Å². The summed E-state index contributed by atoms with van der Waals surface area (Å²) in [6, 6.07) is 8.81. The van der Waals surface area contributed by atoms with Crippen LogP contribution in [0.25, 0.3) is 0 Å². The molecule has 0 aromatic heterocycles. The van der Waals surface area contributed by atoms with E-state index in [0.717, 1.165) is 24.7 Å². The summed E-state index contributed by atoms with van der Waals surface area (Å²) in [4.78, 5) is 0. The SMILES string of the molecule is CC(C)COC(CCCC1CCCCC1)Oc1ccc(C(C(C)(C)C)C(C)(C)C)cc1. The number of ether oxygens (including phenoxy) is 2. The Morgan fingerprint density at radius 1 is 0.871 bits per heavy atom. The molecule has 1 fully saturated rings. The highest BCUT2D eigenvalue weighted by Crippen LogP contribution is 2.47. The standard InChI is InChI=1S/C29H50O2/c1-22(2)21-30-26(16-12-15-23-13-10-9-11-14-23)31-25-19-17-24(18-20-25)27(28(3,4)5)29(6,7)8/h17-20,22-23,26-27H,9-16,21H2,1-8H3. The number of hydrogen-bond acceptors (Lipinski definition) is 2. The molecule has 0 radical (unpaired) electrons. The molecule has 2 heteroatoms. The third-order valence-electron chi connectivity index (χ3n) is 6.61. The maximum atomic E-state index is 6.34. The molecule has 0 N–H and O–H groups in total. The molecule has 1 unspecified atom stereocenters. The predicted octanol–water partition coefficient (Wildman–Crippen LogP) is 8.99. The summed E-state index contributed by atoms with van der Waals surface area (Å²) in [5.74, 6) is 2.85. The van der Waals surface area contributed by atoms with Crippen LogP contribution in [0, 0.1) is 22.7 Å². The zero-order valence-corrected chi connectivity index (χ0v) is 21.8. The molecular weight excluding hydrogens is 380 g/mol. The van der Waals surface area contributed by atoms with E-state index in [1.807, 2.05) is 0 Å². The molecule has 2 rings (SSSR count). The first-order valence-electron chi connectivity index (χ1n) is 12.8. The highest BCUT2D eigenvalue weighted by atomic mass is 16.7. The Bertz CT molecular complexity index is 598. The lowest BCUT2D eigenvalue weighted by Crippen LogP contribution is -2.30. The summed E-state index contributed by atoms with van der Waals surface area (Å²) in [6.07, 6.45) is 10.5. The molecule has 1 aliphatic carbocycles. The van der Waals surface area contributed by atoms with Gasteiger partial charge in [-0.15, -0.1) is 0 Å². The largest absolute Gasteiger partial charge is 0.465 e. The smallest absolute Gasteiger partial charge is 0.199 e. The molecule has 0 aliphatic heterocycles. The van der Waals surface area contributed by atoms with Gasteiger partial charge in [-0.05, 0) is 52.7 Å². The van der Waals surface area contributed by atoms with Crippen molar-refractivity contribution in [3.8, 4) is 5.75 Å². The van der Waals surface area contributed by atoms with Crippen molar-refractivity contribution in [2.24, 2.45) is 22.7 Å². The molecule has 1 atom stereocenters. The van der Waals surface area contributed by atoms with E-state index in [1.54, 1.807) is 0 Å². The van der Waals surface area contributed by atoms with E-state index in [9.17, 15) is 0 Å². The summed E-state index contributed by atoms with van der Waals surface area (Å²) < 4.78 is 12.5. The van der Waals surface area contributed by atoms with E-state index in [2.05, 4.69) is 79.7 Å². The van der Waals surface area contributed by atoms with Crippen LogP contribution in [-0.2, 0) is 4.74 Å². The molecule has 1 aromatic carbocycles. The van der Waals surface area contributed by atoms with Gasteiger partial charge in [-0.3, -0.25) is 0 Å². The van der Waals surface area contributed by atoms with Gasteiger partial charge in [0.05, 0.1) is 6.61 Å². The third kappa shape index (κ3) is 9.16. The van der Waals surface area contributed by atoms with E-state index >= 15 is 0 Å². The van der Waals surface area contributed by atoms with Crippen molar-refractivity contribution < 1.29 is 9.47 Å². The lowest BCUT2D eigenvalue weighted by molar-refractivity contribution is -0.0942. The van der Waals surface area contributed by atoms with E-state index in [0.29, 0.717) is 11.8 Å². The fraction of sp³-hybridized carbons (Fsp3) is 0.793. The van der Waals surface area contributed by atoms with Crippen molar-refractivity contribution in [3.63, 3.8) is 0 Å². The number of rotatable bonds is 10. The van der Waals surface area contributed by atoms with Gasteiger partial charge in [-0.1, -0.05) is 106 Å². The second kappa shape index (κ2) is 11.7. The van der Waals surface area contributed by atoms with E-state index in [1.165, 1.54) is 50.5 Å². The fourth-order valence-electron chi connectivity index (χ4n) is 5.71. The van der Waals surface area contributed by atoms with Crippen LogP contribution in [0.4, 0.5) is 0 Å². The maximum Gasteiger partial charge on any atom is 0.199 e. The van der Waals surface area contributed by atoms with Gasteiger partial charge in [0.15, 0.2) is 6.29 Å². The minimum atomic E-state index is -0.141. The molecule has 0 heterocycles. The topological polar surface area (TPSA) is 18.5 Å². The minimum Gasteiger partial charge on any atom is -0.465 e. The maximum absolute atomic E-state index is 6.34. The van der Waals surface area contributed by atoms with Gasteiger partial charge in [0, 0.05) is 6.42 Å². The van der Waals surface area contributed by atoms with Gasteiger partial charge >= 0.3 is 0 Å². The summed E-state index contributed by atoms with van der Waals surface area (Å²) >= 11 is 0. The second-order valence-electron chi connectivity index (χ2n) is 12.4. The monoisotopic (exact) mass is 430 g/mol. The molecule has 1 aliphatic rings. The van der Waals surface area contributed by atoms with Crippen molar-refractivity contribution in [1.82, 2.24) is 0 Å². The third-order valence-corrected chi connectivity index (χ3v) is 6.61. The Kier molecular flexibility index (Phi) is 9.93. The van der Waals surface area contributed by atoms with Crippen LogP contribution in [0.3, 0.4) is 0 Å². The Balaban J connectivity index is 2.00. The molecule has 178 valence electrons. The highest BCUT2D eigenvalue weighted by molar-refractivity contribution is 5.31. The van der Waals surface area contributed by atoms with Crippen molar-refractivity contribution in [2.75, 3.05) is 6.61 Å². The van der Waals surface area contributed by atoms with E-state index in [4.69, 9.17) is 9.47 Å². The van der Waals surface area contributed by atoms with E-state index in [-0.39, 0.29) is 17.1 Å². The molecular formula is C29H50O2. The van der Waals surface area contributed by atoms with Gasteiger partial charge in [-0.25, -0.2) is 0 Å². The van der Waals surface area contributed by atoms with Crippen molar-refractivity contribution in [3.05, 3.63) is 29.8 Å². The summed E-state index contributed by atoms with van der Waals surface area (Å²) in [7, 11) is 0. The molecule has 1 saturated carbocycles. The summed E-state index contributed by atoms with van der Waals surface area (Å²) in [5.41, 5.74) is 1.81. The van der Waals surface area contributed by atoms with Gasteiger partial charge in [0.25, 0.3) is 0 Å². The normalized spacial score (nSPS) is 17.4. The highest BCUT2D eigenvalue weighted by Gasteiger charge is 2.36. The first-order valence-corrected chi connectivity index (χ1v) is 12.8. The van der Waals surface area contributed by atoms with E-state index < -0.39 is 0 Å². The zero-order valence-electron chi connectivity index (χ0n) is 21.8.